The molecule has 22 heavy (non-hydrogen) atoms. The van der Waals surface area contributed by atoms with Crippen molar-refractivity contribution in [1.82, 2.24) is 0 Å². The van der Waals surface area contributed by atoms with Crippen LogP contribution in [0.3, 0.4) is 0 Å². The zero-order chi connectivity index (χ0) is 16.3. The number of carbonyl (C=O) groups excluding carboxylic acids is 1. The van der Waals surface area contributed by atoms with Gasteiger partial charge in [-0.25, -0.2) is 12.8 Å². The van der Waals surface area contributed by atoms with Crippen molar-refractivity contribution in [2.45, 2.75) is 4.90 Å². The van der Waals surface area contributed by atoms with E-state index in [9.17, 15) is 22.7 Å². The quantitative estimate of drug-likeness (QED) is 0.885. The SMILES string of the molecule is COc1ccccc1NS(=O)(=O)c1ccc(F)c(C(=O)[O-])c1. The molecule has 2 rings (SSSR count). The first-order chi connectivity index (χ1) is 10.3. The van der Waals surface area contributed by atoms with Crippen molar-refractivity contribution < 1.29 is 27.4 Å². The van der Waals surface area contributed by atoms with Crippen molar-refractivity contribution in [3.8, 4) is 5.75 Å². The van der Waals surface area contributed by atoms with Gasteiger partial charge in [0.1, 0.15) is 11.6 Å². The van der Waals surface area contributed by atoms with E-state index in [0.717, 1.165) is 12.1 Å². The number of para-hydroxylation sites is 2. The normalized spacial score (nSPS) is 11.0. The number of hydrogen-bond acceptors (Lipinski definition) is 5. The summed E-state index contributed by atoms with van der Waals surface area (Å²) in [6, 6.07) is 8.68. The minimum Gasteiger partial charge on any atom is -0.545 e. The second-order valence-electron chi connectivity index (χ2n) is 4.23. The molecule has 0 radical (unpaired) electrons. The van der Waals surface area contributed by atoms with Crippen LogP contribution in [0.5, 0.6) is 5.75 Å². The van der Waals surface area contributed by atoms with Gasteiger partial charge in [0.05, 0.1) is 23.7 Å². The number of carboxylic acids is 1. The third kappa shape index (κ3) is 3.17. The number of nitrogens with one attached hydrogen (secondary N) is 1. The molecule has 0 amide bonds. The van der Waals surface area contributed by atoms with Gasteiger partial charge in [-0.05, 0) is 30.3 Å². The molecular weight excluding hydrogens is 313 g/mol. The van der Waals surface area contributed by atoms with Crippen molar-refractivity contribution in [2.75, 3.05) is 11.8 Å². The summed E-state index contributed by atoms with van der Waals surface area (Å²) < 4.78 is 45.1. The predicted octanol–water partition coefficient (Wildman–Crippen LogP) is 0.999. The number of anilines is 1. The van der Waals surface area contributed by atoms with Crippen molar-refractivity contribution in [3.63, 3.8) is 0 Å². The van der Waals surface area contributed by atoms with Crippen molar-refractivity contribution in [1.29, 1.82) is 0 Å². The molecule has 0 fully saturated rings. The van der Waals surface area contributed by atoms with Crippen LogP contribution in [0.1, 0.15) is 10.4 Å². The molecule has 0 aliphatic rings. The second kappa shape index (κ2) is 6.02. The Kier molecular flexibility index (Phi) is 4.32. The van der Waals surface area contributed by atoms with Crippen LogP contribution in [0, 0.1) is 5.82 Å². The average Bonchev–Trinajstić information content (AvgIpc) is 2.47. The number of sulfonamides is 1. The maximum Gasteiger partial charge on any atom is 0.262 e. The van der Waals surface area contributed by atoms with Crippen LogP contribution in [0.4, 0.5) is 10.1 Å². The molecule has 2 aromatic rings. The number of benzene rings is 2. The standard InChI is InChI=1S/C14H12FNO5S/c1-21-13-5-3-2-4-12(13)16-22(19,20)9-6-7-11(15)10(8-9)14(17)18/h2-8,16H,1H3,(H,17,18)/p-1. The van der Waals surface area contributed by atoms with Gasteiger partial charge in [0.15, 0.2) is 0 Å². The van der Waals surface area contributed by atoms with Gasteiger partial charge >= 0.3 is 0 Å². The molecule has 0 aliphatic heterocycles. The maximum absolute atomic E-state index is 13.3. The Morgan fingerprint density at radius 2 is 1.91 bits per heavy atom. The zero-order valence-corrected chi connectivity index (χ0v) is 12.2. The Bertz CT molecular complexity index is 820. The lowest BCUT2D eigenvalue weighted by Gasteiger charge is -2.13. The number of halogens is 1. The summed E-state index contributed by atoms with van der Waals surface area (Å²) in [6.45, 7) is 0. The summed E-state index contributed by atoms with van der Waals surface area (Å²) in [6.07, 6.45) is 0. The number of methoxy groups -OCH3 is 1. The molecule has 6 nitrogen and oxygen atoms in total. The number of carboxylic acid groups (broad SMARTS) is 1. The second-order valence-corrected chi connectivity index (χ2v) is 5.92. The topological polar surface area (TPSA) is 95.5 Å². The molecule has 116 valence electrons. The van der Waals surface area contributed by atoms with Gasteiger partial charge in [-0.15, -0.1) is 0 Å². The third-order valence-corrected chi connectivity index (χ3v) is 4.18. The van der Waals surface area contributed by atoms with E-state index in [1.165, 1.54) is 13.2 Å². The van der Waals surface area contributed by atoms with Crippen LogP contribution < -0.4 is 14.6 Å². The minimum atomic E-state index is -4.11. The van der Waals surface area contributed by atoms with Gasteiger partial charge in [0.25, 0.3) is 10.0 Å². The number of rotatable bonds is 5. The molecule has 0 atom stereocenters. The van der Waals surface area contributed by atoms with Crippen LogP contribution in [-0.2, 0) is 10.0 Å². The van der Waals surface area contributed by atoms with Crippen molar-refractivity contribution in [2.24, 2.45) is 0 Å². The lowest BCUT2D eigenvalue weighted by Crippen LogP contribution is -2.24. The van der Waals surface area contributed by atoms with E-state index in [1.807, 2.05) is 0 Å². The Morgan fingerprint density at radius 3 is 2.55 bits per heavy atom. The molecule has 0 spiro atoms. The van der Waals surface area contributed by atoms with Gasteiger partial charge in [0.2, 0.25) is 0 Å². The van der Waals surface area contributed by atoms with Gasteiger partial charge in [-0.3, -0.25) is 4.72 Å². The van der Waals surface area contributed by atoms with Crippen LogP contribution >= 0.6 is 0 Å². The third-order valence-electron chi connectivity index (χ3n) is 2.82. The molecule has 0 saturated carbocycles. The highest BCUT2D eigenvalue weighted by molar-refractivity contribution is 7.92. The summed E-state index contributed by atoms with van der Waals surface area (Å²) >= 11 is 0. The fraction of sp³-hybridized carbons (Fsp3) is 0.0714. The predicted molar refractivity (Wildman–Crippen MR) is 74.5 cm³/mol. The Labute approximate surface area is 126 Å². The van der Waals surface area contributed by atoms with Gasteiger partial charge in [-0.2, -0.15) is 0 Å². The molecule has 0 bridgehead atoms. The van der Waals surface area contributed by atoms with Gasteiger partial charge in [-0.1, -0.05) is 12.1 Å². The Morgan fingerprint density at radius 1 is 1.23 bits per heavy atom. The first kappa shape index (κ1) is 15.8. The smallest absolute Gasteiger partial charge is 0.262 e. The molecule has 1 N–H and O–H groups in total. The zero-order valence-electron chi connectivity index (χ0n) is 11.4. The van der Waals surface area contributed by atoms with E-state index in [1.54, 1.807) is 18.2 Å². The molecule has 0 unspecified atom stereocenters. The van der Waals surface area contributed by atoms with E-state index in [0.29, 0.717) is 6.07 Å². The van der Waals surface area contributed by atoms with Crippen LogP contribution in [0.2, 0.25) is 0 Å². The van der Waals surface area contributed by atoms with Gasteiger partial charge in [0, 0.05) is 5.56 Å². The lowest BCUT2D eigenvalue weighted by molar-refractivity contribution is -0.255. The Balaban J connectivity index is 2.43. The highest BCUT2D eigenvalue weighted by atomic mass is 32.2. The van der Waals surface area contributed by atoms with E-state index >= 15 is 0 Å². The van der Waals surface area contributed by atoms with Gasteiger partial charge < -0.3 is 14.6 Å². The lowest BCUT2D eigenvalue weighted by atomic mass is 10.2. The maximum atomic E-state index is 13.3. The molecule has 0 heterocycles. The number of ether oxygens (including phenoxy) is 1. The van der Waals surface area contributed by atoms with E-state index in [-0.39, 0.29) is 11.4 Å². The highest BCUT2D eigenvalue weighted by Crippen LogP contribution is 2.26. The van der Waals surface area contributed by atoms with Crippen LogP contribution in [-0.4, -0.2) is 21.5 Å². The molecule has 8 heteroatoms. The van der Waals surface area contributed by atoms with E-state index in [4.69, 9.17) is 4.74 Å². The van der Waals surface area contributed by atoms with Crippen LogP contribution in [0.15, 0.2) is 47.4 Å². The summed E-state index contributed by atoms with van der Waals surface area (Å²) in [4.78, 5) is 10.4. The number of hydrogen-bond donors (Lipinski definition) is 1. The Hall–Kier alpha value is -2.61. The van der Waals surface area contributed by atoms with E-state index in [2.05, 4.69) is 4.72 Å². The average molecular weight is 324 g/mol. The molecule has 0 aliphatic carbocycles. The van der Waals surface area contributed by atoms with E-state index < -0.39 is 32.3 Å². The molecule has 0 saturated heterocycles. The summed E-state index contributed by atoms with van der Waals surface area (Å²) in [7, 11) is -2.73. The fourth-order valence-electron chi connectivity index (χ4n) is 1.76. The number of aromatic carboxylic acids is 1. The van der Waals surface area contributed by atoms with Crippen molar-refractivity contribution >= 4 is 21.7 Å². The largest absolute Gasteiger partial charge is 0.545 e. The number of carbonyl (C=O) groups is 1. The molecular formula is C14H11FNO5S-. The first-order valence-corrected chi connectivity index (χ1v) is 7.50. The summed E-state index contributed by atoms with van der Waals surface area (Å²) in [5.74, 6) is -2.59. The monoisotopic (exact) mass is 324 g/mol. The first-order valence-electron chi connectivity index (χ1n) is 6.02. The molecule has 0 aromatic heterocycles. The fourth-order valence-corrected chi connectivity index (χ4v) is 2.86. The highest BCUT2D eigenvalue weighted by Gasteiger charge is 2.18. The summed E-state index contributed by atoms with van der Waals surface area (Å²) in [5.41, 5.74) is -0.660. The summed E-state index contributed by atoms with van der Waals surface area (Å²) in [5, 5.41) is 10.8. The minimum absolute atomic E-state index is 0.171. The molecule has 2 aromatic carbocycles. The van der Waals surface area contributed by atoms with Crippen LogP contribution in [0.25, 0.3) is 0 Å². The van der Waals surface area contributed by atoms with Crippen molar-refractivity contribution in [3.05, 3.63) is 53.8 Å².